The predicted molar refractivity (Wildman–Crippen MR) is 108 cm³/mol. The number of sulfonamides is 1. The quantitative estimate of drug-likeness (QED) is 0.566. The number of piperazine rings is 1. The van der Waals surface area contributed by atoms with Gasteiger partial charge in [0.15, 0.2) is 4.90 Å². The van der Waals surface area contributed by atoms with Crippen molar-refractivity contribution in [3.05, 3.63) is 34.4 Å². The molecule has 10 heteroatoms. The minimum atomic E-state index is -4.04. The highest BCUT2D eigenvalue weighted by molar-refractivity contribution is 7.89. The third-order valence-electron chi connectivity index (χ3n) is 6.00. The lowest BCUT2D eigenvalue weighted by Crippen LogP contribution is -2.59. The Hall–Kier alpha value is -2.04. The Morgan fingerprint density at radius 2 is 1.86 bits per heavy atom. The van der Waals surface area contributed by atoms with Crippen molar-refractivity contribution < 1.29 is 18.1 Å². The summed E-state index contributed by atoms with van der Waals surface area (Å²) in [6, 6.07) is 4.41. The summed E-state index contributed by atoms with van der Waals surface area (Å²) in [5, 5.41) is 11.2. The van der Waals surface area contributed by atoms with Crippen molar-refractivity contribution in [1.29, 1.82) is 0 Å². The highest BCUT2D eigenvalue weighted by Crippen LogP contribution is 2.29. The molecule has 1 heterocycles. The average molecular weight is 425 g/mol. The fourth-order valence-electron chi connectivity index (χ4n) is 4.32. The predicted octanol–water partition coefficient (Wildman–Crippen LogP) is 1.72. The molecule has 1 amide bonds. The van der Waals surface area contributed by atoms with Crippen LogP contribution in [0.15, 0.2) is 29.2 Å². The smallest absolute Gasteiger partial charge is 0.289 e. The van der Waals surface area contributed by atoms with Gasteiger partial charge in [-0.25, -0.2) is 8.42 Å². The molecule has 160 valence electrons. The van der Waals surface area contributed by atoms with Crippen LogP contribution in [0.4, 0.5) is 5.69 Å². The molecule has 29 heavy (non-hydrogen) atoms. The van der Waals surface area contributed by atoms with Crippen molar-refractivity contribution >= 4 is 21.6 Å². The number of rotatable bonds is 5. The minimum Gasteiger partial charge on any atom is -0.336 e. The molecule has 1 aromatic carbocycles. The molecule has 9 nitrogen and oxygen atoms in total. The minimum absolute atomic E-state index is 0.0809. The first-order valence-corrected chi connectivity index (χ1v) is 11.5. The van der Waals surface area contributed by atoms with Crippen molar-refractivity contribution in [2.75, 3.05) is 19.6 Å². The normalized spacial score (nSPS) is 23.0. The van der Waals surface area contributed by atoms with E-state index in [4.69, 9.17) is 5.73 Å². The van der Waals surface area contributed by atoms with Gasteiger partial charge < -0.3 is 10.6 Å². The number of benzene rings is 1. The Kier molecular flexibility index (Phi) is 6.55. The van der Waals surface area contributed by atoms with Gasteiger partial charge >= 0.3 is 0 Å². The van der Waals surface area contributed by atoms with Crippen LogP contribution in [0.25, 0.3) is 0 Å². The summed E-state index contributed by atoms with van der Waals surface area (Å²) in [7, 11) is -4.04. The van der Waals surface area contributed by atoms with Crippen LogP contribution < -0.4 is 5.73 Å². The summed E-state index contributed by atoms with van der Waals surface area (Å²) in [5.41, 5.74) is 5.81. The Labute approximate surface area is 171 Å². The van der Waals surface area contributed by atoms with Crippen LogP contribution in [0.5, 0.6) is 0 Å². The molecule has 2 atom stereocenters. The first kappa shape index (κ1) is 21.7. The SMILES string of the molecule is C[C@@H]1CN(S(=O)(=O)c2ccccc2[N+](=O)[O-])CCN1C(=O)[C@@H](N)C1CCCCC1. The average Bonchev–Trinajstić information content (AvgIpc) is 2.73. The largest absolute Gasteiger partial charge is 0.336 e. The van der Waals surface area contributed by atoms with Gasteiger partial charge in [-0.3, -0.25) is 14.9 Å². The molecule has 1 saturated heterocycles. The molecule has 2 fully saturated rings. The number of carbonyl (C=O) groups is 1. The molecule has 1 aliphatic heterocycles. The number of carbonyl (C=O) groups excluding carboxylic acids is 1. The molecular weight excluding hydrogens is 396 g/mol. The number of hydrogen-bond acceptors (Lipinski definition) is 6. The molecule has 0 unspecified atom stereocenters. The summed E-state index contributed by atoms with van der Waals surface area (Å²) >= 11 is 0. The second-order valence-corrected chi connectivity index (χ2v) is 9.80. The lowest BCUT2D eigenvalue weighted by molar-refractivity contribution is -0.387. The maximum atomic E-state index is 13.0. The fraction of sp³-hybridized carbons (Fsp3) is 0.632. The second kappa shape index (κ2) is 8.76. The van der Waals surface area contributed by atoms with Crippen molar-refractivity contribution in [1.82, 2.24) is 9.21 Å². The Morgan fingerprint density at radius 1 is 1.21 bits per heavy atom. The number of nitro benzene ring substituents is 1. The van der Waals surface area contributed by atoms with E-state index in [1.165, 1.54) is 35.0 Å². The van der Waals surface area contributed by atoms with Gasteiger partial charge in [0.05, 0.1) is 11.0 Å². The van der Waals surface area contributed by atoms with Crippen LogP contribution in [-0.2, 0) is 14.8 Å². The molecule has 0 bridgehead atoms. The number of nitro groups is 1. The third kappa shape index (κ3) is 4.44. The summed E-state index contributed by atoms with van der Waals surface area (Å²) < 4.78 is 27.2. The van der Waals surface area contributed by atoms with E-state index >= 15 is 0 Å². The van der Waals surface area contributed by atoms with Gasteiger partial charge in [0.25, 0.3) is 5.69 Å². The van der Waals surface area contributed by atoms with Crippen LogP contribution in [0.2, 0.25) is 0 Å². The van der Waals surface area contributed by atoms with Crippen LogP contribution >= 0.6 is 0 Å². The Morgan fingerprint density at radius 3 is 2.48 bits per heavy atom. The molecule has 2 N–H and O–H groups in total. The highest BCUT2D eigenvalue weighted by Gasteiger charge is 2.39. The van der Waals surface area contributed by atoms with Crippen molar-refractivity contribution in [3.8, 4) is 0 Å². The number of nitrogens with zero attached hydrogens (tertiary/aromatic N) is 3. The first-order valence-electron chi connectivity index (χ1n) is 10.0. The van der Waals surface area contributed by atoms with E-state index in [9.17, 15) is 23.3 Å². The van der Waals surface area contributed by atoms with E-state index in [0.717, 1.165) is 25.7 Å². The lowest BCUT2D eigenvalue weighted by atomic mass is 9.83. The summed E-state index contributed by atoms with van der Waals surface area (Å²) in [6.07, 6.45) is 5.25. The van der Waals surface area contributed by atoms with Crippen LogP contribution in [0.3, 0.4) is 0 Å². The summed E-state index contributed by atoms with van der Waals surface area (Å²) in [5.74, 6) is 0.0457. The van der Waals surface area contributed by atoms with Crippen molar-refractivity contribution in [3.63, 3.8) is 0 Å². The van der Waals surface area contributed by atoms with Crippen LogP contribution in [0, 0.1) is 16.0 Å². The Balaban J connectivity index is 1.72. The van der Waals surface area contributed by atoms with E-state index in [2.05, 4.69) is 0 Å². The molecule has 1 saturated carbocycles. The second-order valence-electron chi connectivity index (χ2n) is 7.89. The van der Waals surface area contributed by atoms with Gasteiger partial charge in [-0.15, -0.1) is 0 Å². The molecule has 1 aliphatic carbocycles. The zero-order valence-electron chi connectivity index (χ0n) is 16.6. The number of para-hydroxylation sites is 1. The van der Waals surface area contributed by atoms with Crippen LogP contribution in [0.1, 0.15) is 39.0 Å². The monoisotopic (exact) mass is 424 g/mol. The third-order valence-corrected chi connectivity index (χ3v) is 7.91. The van der Waals surface area contributed by atoms with Crippen LogP contribution in [-0.4, -0.2) is 60.2 Å². The maximum absolute atomic E-state index is 13.0. The fourth-order valence-corrected chi connectivity index (χ4v) is 5.99. The van der Waals surface area contributed by atoms with Crippen molar-refractivity contribution in [2.45, 2.75) is 56.0 Å². The molecule has 1 aromatic rings. The molecule has 0 aromatic heterocycles. The molecule has 2 aliphatic rings. The van der Waals surface area contributed by atoms with Gasteiger partial charge in [0.1, 0.15) is 0 Å². The molecule has 3 rings (SSSR count). The maximum Gasteiger partial charge on any atom is 0.289 e. The number of amides is 1. The van der Waals surface area contributed by atoms with E-state index in [1.807, 2.05) is 0 Å². The van der Waals surface area contributed by atoms with Gasteiger partial charge in [-0.1, -0.05) is 31.4 Å². The van der Waals surface area contributed by atoms with E-state index < -0.39 is 26.7 Å². The van der Waals surface area contributed by atoms with Crippen molar-refractivity contribution in [2.24, 2.45) is 11.7 Å². The van der Waals surface area contributed by atoms with E-state index in [0.29, 0.717) is 0 Å². The number of hydrogen-bond donors (Lipinski definition) is 1. The molecule has 0 spiro atoms. The zero-order chi connectivity index (χ0) is 21.2. The lowest BCUT2D eigenvalue weighted by Gasteiger charge is -2.41. The van der Waals surface area contributed by atoms with Gasteiger partial charge in [-0.2, -0.15) is 4.31 Å². The van der Waals surface area contributed by atoms with E-state index in [1.54, 1.807) is 11.8 Å². The number of nitrogens with two attached hydrogens (primary N) is 1. The summed E-state index contributed by atoms with van der Waals surface area (Å²) in [4.78, 5) is 24.8. The van der Waals surface area contributed by atoms with Gasteiger partial charge in [0.2, 0.25) is 15.9 Å². The van der Waals surface area contributed by atoms with E-state index in [-0.39, 0.29) is 42.4 Å². The highest BCUT2D eigenvalue weighted by atomic mass is 32.2. The zero-order valence-corrected chi connectivity index (χ0v) is 17.4. The topological polar surface area (TPSA) is 127 Å². The first-order chi connectivity index (χ1) is 13.7. The standard InChI is InChI=1S/C19H28N4O5S/c1-14-13-21(29(27,28)17-10-6-5-9-16(17)23(25)26)11-12-22(14)19(24)18(20)15-7-3-2-4-8-15/h5-6,9-10,14-15,18H,2-4,7-8,11-13,20H2,1H3/t14-,18+/m1/s1. The van der Waals surface area contributed by atoms with Gasteiger partial charge in [-0.05, 0) is 31.7 Å². The van der Waals surface area contributed by atoms with Gasteiger partial charge in [0, 0.05) is 31.7 Å². The molecule has 0 radical (unpaired) electrons. The molecular formula is C19H28N4O5S. The summed E-state index contributed by atoms with van der Waals surface area (Å²) in [6.45, 7) is 2.17. The Bertz CT molecular complexity index is 869.